The molecule has 0 aliphatic heterocycles. The second-order valence-electron chi connectivity index (χ2n) is 3.72. The molecule has 0 unspecified atom stereocenters. The van der Waals surface area contributed by atoms with E-state index in [0.29, 0.717) is 10.9 Å². The van der Waals surface area contributed by atoms with Crippen LogP contribution < -0.4 is 0 Å². The van der Waals surface area contributed by atoms with Gasteiger partial charge >= 0.3 is 100 Å². The van der Waals surface area contributed by atoms with Gasteiger partial charge in [-0.1, -0.05) is 0 Å². The van der Waals surface area contributed by atoms with Gasteiger partial charge in [-0.15, -0.1) is 0 Å². The first-order chi connectivity index (χ1) is 7.20. The Balaban J connectivity index is 3.28. The minimum absolute atomic E-state index is 0.301. The van der Waals surface area contributed by atoms with Crippen molar-refractivity contribution in [2.75, 3.05) is 0 Å². The Morgan fingerprint density at radius 1 is 1.07 bits per heavy atom. The second kappa shape index (κ2) is 10.6. The summed E-state index contributed by atoms with van der Waals surface area (Å²) in [5, 5.41) is 0. The van der Waals surface area contributed by atoms with Gasteiger partial charge in [-0.25, -0.2) is 0 Å². The van der Waals surface area contributed by atoms with Gasteiger partial charge in [0.15, 0.2) is 0 Å². The molecule has 0 fully saturated rings. The molecule has 0 N–H and O–H groups in total. The molecule has 0 heterocycles. The van der Waals surface area contributed by atoms with E-state index in [2.05, 4.69) is 6.92 Å². The van der Waals surface area contributed by atoms with Crippen molar-refractivity contribution in [3.63, 3.8) is 0 Å². The number of carbonyl (C=O) groups is 1. The van der Waals surface area contributed by atoms with Gasteiger partial charge in [0.2, 0.25) is 0 Å². The van der Waals surface area contributed by atoms with Gasteiger partial charge < -0.3 is 0 Å². The third-order valence-electron chi connectivity index (χ3n) is 2.25. The molecule has 0 aromatic carbocycles. The van der Waals surface area contributed by atoms with Crippen LogP contribution >= 0.6 is 0 Å². The molecule has 0 aromatic heterocycles. The normalized spacial score (nSPS) is 10.0. The minimum atomic E-state index is -2.97. The standard InChI is InChI=1S/C8H17.C3H6O2.O.Sn/c1-3-5-7-8-6-4-2;1-2-3(4)5;;/h1,3-8H2,2H3;2H2,1H3,(H,4,5);;/q;;;+1/p-1. The zero-order valence-corrected chi connectivity index (χ0v) is 12.7. The molecule has 15 heavy (non-hydrogen) atoms. The zero-order chi connectivity index (χ0) is 11.5. The van der Waals surface area contributed by atoms with Crippen molar-refractivity contribution in [3.8, 4) is 0 Å². The van der Waals surface area contributed by atoms with Gasteiger partial charge in [0.25, 0.3) is 0 Å². The molecule has 0 saturated heterocycles. The average molecular weight is 321 g/mol. The van der Waals surface area contributed by atoms with Gasteiger partial charge in [0.05, 0.1) is 0 Å². The van der Waals surface area contributed by atoms with Crippen molar-refractivity contribution in [1.29, 1.82) is 0 Å². The van der Waals surface area contributed by atoms with Crippen LogP contribution in [0.15, 0.2) is 0 Å². The summed E-state index contributed by atoms with van der Waals surface area (Å²) < 4.78 is 16.8. The molecule has 4 heteroatoms. The third-order valence-corrected chi connectivity index (χ3v) is 5.72. The fourth-order valence-electron chi connectivity index (χ4n) is 1.30. The quantitative estimate of drug-likeness (QED) is 0.484. The van der Waals surface area contributed by atoms with Crippen molar-refractivity contribution < 1.29 is 10.9 Å². The summed E-state index contributed by atoms with van der Waals surface area (Å²) in [6.07, 6.45) is 7.43. The monoisotopic (exact) mass is 322 g/mol. The number of rotatable bonds is 9. The summed E-state index contributed by atoms with van der Waals surface area (Å²) in [6, 6.07) is 0. The van der Waals surface area contributed by atoms with E-state index in [1.54, 1.807) is 6.92 Å². The van der Waals surface area contributed by atoms with E-state index in [-0.39, 0.29) is 5.97 Å². The van der Waals surface area contributed by atoms with Gasteiger partial charge in [0.1, 0.15) is 0 Å². The maximum atomic E-state index is 11.3. The fraction of sp³-hybridized carbons (Fsp3) is 0.909. The summed E-state index contributed by atoms with van der Waals surface area (Å²) in [6.45, 7) is 3.91. The van der Waals surface area contributed by atoms with Gasteiger partial charge in [-0.05, 0) is 0 Å². The topological polar surface area (TPSA) is 43.4 Å². The van der Waals surface area contributed by atoms with E-state index in [0.717, 1.165) is 12.8 Å². The van der Waals surface area contributed by atoms with E-state index >= 15 is 0 Å². The van der Waals surface area contributed by atoms with Gasteiger partial charge in [0, 0.05) is 0 Å². The van der Waals surface area contributed by atoms with Crippen LogP contribution in [0.1, 0.15) is 58.8 Å². The Morgan fingerprint density at radius 3 is 2.27 bits per heavy atom. The Hall–Kier alpha value is 0.0687. The summed E-state index contributed by atoms with van der Waals surface area (Å²) in [7, 11) is 0. The van der Waals surface area contributed by atoms with Crippen LogP contribution in [0, 0.1) is 0 Å². The van der Waals surface area contributed by atoms with Crippen molar-refractivity contribution >= 4 is 26.1 Å². The van der Waals surface area contributed by atoms with E-state index in [9.17, 15) is 7.87 Å². The molecule has 0 amide bonds. The zero-order valence-electron chi connectivity index (χ0n) is 9.88. The second-order valence-corrected chi connectivity index (χ2v) is 7.85. The van der Waals surface area contributed by atoms with Gasteiger partial charge in [-0.2, -0.15) is 0 Å². The Bertz CT molecular complexity index is 192. The molecular formula is C11H22O3Sn. The van der Waals surface area contributed by atoms with E-state index in [1.807, 2.05) is 0 Å². The van der Waals surface area contributed by atoms with E-state index in [1.165, 1.54) is 25.7 Å². The van der Waals surface area contributed by atoms with Crippen LogP contribution in [-0.2, 0) is 10.9 Å². The molecular weight excluding hydrogens is 299 g/mol. The summed E-state index contributed by atoms with van der Waals surface area (Å²) in [5.41, 5.74) is 0. The van der Waals surface area contributed by atoms with Gasteiger partial charge in [-0.3, -0.25) is 0 Å². The molecule has 88 valence electrons. The molecule has 0 bridgehead atoms. The maximum absolute atomic E-state index is 11.3. The molecule has 0 aliphatic rings. The van der Waals surface area contributed by atoms with E-state index in [4.69, 9.17) is 3.07 Å². The Labute approximate surface area is 100 Å². The number of carbonyl (C=O) groups excluding carboxylic acids is 1. The number of unbranched alkanes of at least 4 members (excludes halogenated alkanes) is 5. The van der Waals surface area contributed by atoms with Crippen LogP contribution in [0.2, 0.25) is 4.44 Å². The Morgan fingerprint density at radius 2 is 1.67 bits per heavy atom. The third kappa shape index (κ3) is 10.4. The summed E-state index contributed by atoms with van der Waals surface area (Å²) in [4.78, 5) is 10.8. The summed E-state index contributed by atoms with van der Waals surface area (Å²) in [5.74, 6) is -0.301. The first-order valence-corrected chi connectivity index (χ1v) is 10.3. The number of hydrogen-bond donors (Lipinski definition) is 0. The van der Waals surface area contributed by atoms with Crippen molar-refractivity contribution in [1.82, 2.24) is 0 Å². The Kier molecular flexibility index (Phi) is 10.6. The van der Waals surface area contributed by atoms with Crippen LogP contribution in [0.5, 0.6) is 0 Å². The molecule has 0 spiro atoms. The number of hydrogen-bond acceptors (Lipinski definition) is 3. The molecule has 0 atom stereocenters. The molecule has 0 radical (unpaired) electrons. The van der Waals surface area contributed by atoms with Crippen LogP contribution in [0.3, 0.4) is 0 Å². The van der Waals surface area contributed by atoms with Crippen LogP contribution in [0.4, 0.5) is 0 Å². The van der Waals surface area contributed by atoms with Crippen LogP contribution in [0.25, 0.3) is 0 Å². The molecule has 0 aromatic rings. The van der Waals surface area contributed by atoms with Crippen molar-refractivity contribution in [2.24, 2.45) is 0 Å². The fourth-order valence-corrected chi connectivity index (χ4v) is 4.27. The molecule has 3 nitrogen and oxygen atoms in total. The molecule has 0 aliphatic carbocycles. The first kappa shape index (κ1) is 15.1. The predicted octanol–water partition coefficient (Wildman–Crippen LogP) is 3.22. The van der Waals surface area contributed by atoms with Crippen LogP contribution in [-0.4, -0.2) is 26.1 Å². The first-order valence-electron chi connectivity index (χ1n) is 5.94. The summed E-state index contributed by atoms with van der Waals surface area (Å²) >= 11 is -2.97. The molecule has 0 saturated carbocycles. The predicted molar refractivity (Wildman–Crippen MR) is 61.0 cm³/mol. The van der Waals surface area contributed by atoms with Crippen molar-refractivity contribution in [2.45, 2.75) is 63.2 Å². The SMILES string of the molecule is CCCCCCC[CH2][Sn](=[O])[O]C(=O)CC. The van der Waals surface area contributed by atoms with E-state index < -0.39 is 20.2 Å². The average Bonchev–Trinajstić information content (AvgIpc) is 2.23. The molecule has 0 rings (SSSR count). The van der Waals surface area contributed by atoms with Crippen molar-refractivity contribution in [3.05, 3.63) is 0 Å².